The number of benzene rings is 3. The summed E-state index contributed by atoms with van der Waals surface area (Å²) in [4.78, 5) is 57.9. The van der Waals surface area contributed by atoms with E-state index in [0.717, 1.165) is 50.6 Å². The van der Waals surface area contributed by atoms with Crippen LogP contribution in [0, 0.1) is 50.7 Å². The highest BCUT2D eigenvalue weighted by Crippen LogP contribution is 2.89. The molecular formula is C61H71F9O11. The largest absolute Gasteiger partial charge is 0.468 e. The van der Waals surface area contributed by atoms with Gasteiger partial charge in [-0.1, -0.05) is 118 Å². The van der Waals surface area contributed by atoms with Crippen molar-refractivity contribution in [2.75, 3.05) is 28.4 Å². The molecule has 0 radical (unpaired) electrons. The van der Waals surface area contributed by atoms with Crippen LogP contribution >= 0.6 is 0 Å². The lowest BCUT2D eigenvalue weighted by Crippen LogP contribution is -2.66. The smallest absolute Gasteiger partial charge is 0.432 e. The average molecular weight is 1150 g/mol. The molecule has 11 nitrogen and oxygen atoms in total. The van der Waals surface area contributed by atoms with Gasteiger partial charge in [0, 0.05) is 49.9 Å². The maximum Gasteiger partial charge on any atom is 0.432 e. The van der Waals surface area contributed by atoms with E-state index in [9.17, 15) is 32.3 Å². The zero-order valence-corrected chi connectivity index (χ0v) is 46.9. The predicted octanol–water partition coefficient (Wildman–Crippen LogP) is 13.2. The molecule has 2 spiro atoms. The van der Waals surface area contributed by atoms with E-state index >= 15 is 26.3 Å². The lowest BCUT2D eigenvalue weighted by atomic mass is 9.41. The standard InChI is InChI=1S/C61H71F9O11/c1-36(2)42(79-48(72)56(76-8,59(62,63)64)38-20-14-11-15-21-38)27-26-37(3)41-30-31-52(5)43-28-29-44-53(6,47(71)75-7)45(80-49(73)57(77-9,60(65,66)67)39-22-16-12-17-23-39)34-46(55(44)35-54(43,55)33-32-51(41,52)4)81-50(74)58(78-10,61(68,69)70)40-24-18-13-19-25-40/h11-25,37,41-46H,1,26-35H2,2-10H3/t37-,41-,42-,43+,44+,45+,46+,51-,52+,53+,54+,55-,56-,57-,58-/m1/s1. The average Bonchev–Trinajstić information content (AvgIpc) is 4.23. The van der Waals surface area contributed by atoms with Crippen LogP contribution in [0.15, 0.2) is 103 Å². The summed E-state index contributed by atoms with van der Waals surface area (Å²) in [5.74, 6) is -7.76. The molecule has 0 N–H and O–H groups in total. The van der Waals surface area contributed by atoms with Gasteiger partial charge in [0.2, 0.25) is 0 Å². The normalized spacial score (nSPS) is 32.7. The Morgan fingerprint density at radius 2 is 1.01 bits per heavy atom. The number of halogens is 9. The summed E-state index contributed by atoms with van der Waals surface area (Å²) in [7, 11) is 3.25. The first-order chi connectivity index (χ1) is 37.8. The van der Waals surface area contributed by atoms with Gasteiger partial charge >= 0.3 is 42.4 Å². The molecule has 5 aliphatic rings. The summed E-state index contributed by atoms with van der Waals surface area (Å²) in [6.07, 6.45) is -17.8. The molecule has 8 rings (SSSR count). The van der Waals surface area contributed by atoms with E-state index < -0.39 is 134 Å². The van der Waals surface area contributed by atoms with Crippen LogP contribution in [0.25, 0.3) is 0 Å². The number of carbonyl (C=O) groups excluding carboxylic acids is 4. The van der Waals surface area contributed by atoms with Gasteiger partial charge in [-0.25, -0.2) is 14.4 Å². The Hall–Kier alpha value is -5.47. The molecule has 81 heavy (non-hydrogen) atoms. The SMILES string of the molecule is C=C(C)[C@@H](CC[C@@H](C)[C@H]1CC[C@@]2(C)[C@@H]3CC[C@H]4[C@](C)(C(=O)OC)[C@@H](OC(=O)[C@](OC)(c5ccccc5)C(F)(F)F)C[C@H](OC(=O)[C@](OC)(c5ccccc5)C(F)(F)F)[C@@]45C[C@@]35CC[C@]12C)OC(=O)[C@](OC)(c1ccccc1)C(F)(F)F. The Kier molecular flexibility index (Phi) is 16.2. The van der Waals surface area contributed by atoms with Crippen molar-refractivity contribution in [3.8, 4) is 0 Å². The van der Waals surface area contributed by atoms with E-state index in [0.29, 0.717) is 58.3 Å². The molecule has 5 saturated carbocycles. The van der Waals surface area contributed by atoms with Gasteiger partial charge in [-0.05, 0) is 117 Å². The molecule has 0 amide bonds. The third-order valence-corrected chi connectivity index (χ3v) is 20.8. The number of hydrogen-bond donors (Lipinski definition) is 0. The molecule has 0 heterocycles. The molecule has 15 atom stereocenters. The second-order valence-corrected chi connectivity index (χ2v) is 23.9. The van der Waals surface area contributed by atoms with Crippen molar-refractivity contribution in [3.63, 3.8) is 0 Å². The van der Waals surface area contributed by atoms with E-state index in [1.807, 2.05) is 6.92 Å². The number of methoxy groups -OCH3 is 4. The lowest BCUT2D eigenvalue weighted by Gasteiger charge is -2.64. The Labute approximate surface area is 465 Å². The van der Waals surface area contributed by atoms with Crippen LogP contribution in [0.4, 0.5) is 39.5 Å². The van der Waals surface area contributed by atoms with E-state index in [2.05, 4.69) is 20.4 Å². The van der Waals surface area contributed by atoms with Gasteiger partial charge in [0.25, 0.3) is 16.8 Å². The molecule has 20 heteroatoms. The molecule has 5 fully saturated rings. The number of alkyl halides is 9. The summed E-state index contributed by atoms with van der Waals surface area (Å²) in [6.45, 7) is 13.4. The highest BCUT2D eigenvalue weighted by Gasteiger charge is 2.87. The van der Waals surface area contributed by atoms with Crippen LogP contribution in [0.2, 0.25) is 0 Å². The quantitative estimate of drug-likeness (QED) is 0.0522. The maximum absolute atomic E-state index is 15.7. The fourth-order valence-electron chi connectivity index (χ4n) is 16.6. The van der Waals surface area contributed by atoms with Gasteiger partial charge in [-0.2, -0.15) is 39.5 Å². The first kappa shape index (κ1) is 61.6. The van der Waals surface area contributed by atoms with Crippen molar-refractivity contribution in [2.24, 2.45) is 50.7 Å². The predicted molar refractivity (Wildman–Crippen MR) is 275 cm³/mol. The summed E-state index contributed by atoms with van der Waals surface area (Å²) in [6, 6.07) is 18.6. The highest BCUT2D eigenvalue weighted by atomic mass is 19.4. The number of carbonyl (C=O) groups is 4. The van der Waals surface area contributed by atoms with Crippen molar-refractivity contribution in [2.45, 2.75) is 152 Å². The first-order valence-electron chi connectivity index (χ1n) is 27.2. The summed E-state index contributed by atoms with van der Waals surface area (Å²) in [5, 5.41) is 0. The molecule has 5 aliphatic carbocycles. The van der Waals surface area contributed by atoms with Gasteiger partial charge < -0.3 is 33.2 Å². The number of fused-ring (bicyclic) bond motifs is 2. The molecule has 0 saturated heterocycles. The minimum Gasteiger partial charge on any atom is -0.468 e. The molecule has 0 unspecified atom stereocenters. The Morgan fingerprint density at radius 1 is 0.580 bits per heavy atom. The minimum atomic E-state index is -5.46. The number of esters is 4. The number of hydrogen-bond acceptors (Lipinski definition) is 11. The zero-order valence-electron chi connectivity index (χ0n) is 46.9. The van der Waals surface area contributed by atoms with Crippen LogP contribution in [-0.4, -0.2) is 89.2 Å². The summed E-state index contributed by atoms with van der Waals surface area (Å²) in [5.41, 5.74) is -17.4. The van der Waals surface area contributed by atoms with Gasteiger partial charge in [-0.3, -0.25) is 4.79 Å². The highest BCUT2D eigenvalue weighted by molar-refractivity contribution is 5.86. The van der Waals surface area contributed by atoms with Crippen LogP contribution in [0.3, 0.4) is 0 Å². The van der Waals surface area contributed by atoms with E-state index in [1.54, 1.807) is 6.92 Å². The molecule has 444 valence electrons. The Bertz CT molecular complexity index is 2830. The van der Waals surface area contributed by atoms with Crippen LogP contribution < -0.4 is 0 Å². The summed E-state index contributed by atoms with van der Waals surface area (Å²) >= 11 is 0. The van der Waals surface area contributed by atoms with Gasteiger partial charge in [0.15, 0.2) is 0 Å². The molecular weight excluding hydrogens is 1080 g/mol. The Balaban J connectivity index is 1.15. The van der Waals surface area contributed by atoms with E-state index in [1.165, 1.54) is 61.5 Å². The zero-order chi connectivity index (χ0) is 59.8. The lowest BCUT2D eigenvalue weighted by molar-refractivity contribution is -0.289. The molecule has 3 aromatic carbocycles. The van der Waals surface area contributed by atoms with Crippen molar-refractivity contribution in [3.05, 3.63) is 120 Å². The van der Waals surface area contributed by atoms with Crippen LogP contribution in [-0.2, 0) is 69.1 Å². The fourth-order valence-corrected chi connectivity index (χ4v) is 16.6. The maximum atomic E-state index is 15.7. The van der Waals surface area contributed by atoms with Gasteiger partial charge in [0.1, 0.15) is 23.7 Å². The number of rotatable bonds is 18. The fraction of sp³-hybridized carbons (Fsp3) is 0.607. The summed E-state index contributed by atoms with van der Waals surface area (Å²) < 4.78 is 177. The van der Waals surface area contributed by atoms with Crippen molar-refractivity contribution in [1.82, 2.24) is 0 Å². The molecule has 0 bridgehead atoms. The van der Waals surface area contributed by atoms with Gasteiger partial charge in [-0.15, -0.1) is 0 Å². The second-order valence-electron chi connectivity index (χ2n) is 23.9. The first-order valence-corrected chi connectivity index (χ1v) is 27.2. The van der Waals surface area contributed by atoms with E-state index in [4.69, 9.17) is 33.2 Å². The van der Waals surface area contributed by atoms with Crippen molar-refractivity contribution >= 4 is 23.9 Å². The topological polar surface area (TPSA) is 133 Å². The molecule has 0 aromatic heterocycles. The van der Waals surface area contributed by atoms with Crippen molar-refractivity contribution in [1.29, 1.82) is 0 Å². The second kappa shape index (κ2) is 21.3. The molecule has 3 aromatic rings. The third-order valence-electron chi connectivity index (χ3n) is 20.8. The molecule has 0 aliphatic heterocycles. The Morgan fingerprint density at radius 3 is 1.43 bits per heavy atom. The number of ether oxygens (including phenoxy) is 7. The minimum absolute atomic E-state index is 0.00492. The third kappa shape index (κ3) is 8.93. The van der Waals surface area contributed by atoms with Crippen LogP contribution in [0.1, 0.15) is 116 Å². The van der Waals surface area contributed by atoms with Crippen molar-refractivity contribution < 1.29 is 91.8 Å². The van der Waals surface area contributed by atoms with E-state index in [-0.39, 0.29) is 37.0 Å². The van der Waals surface area contributed by atoms with Crippen LogP contribution in [0.5, 0.6) is 0 Å². The van der Waals surface area contributed by atoms with Gasteiger partial charge in [0.05, 0.1) is 7.11 Å². The monoisotopic (exact) mass is 1150 g/mol.